The van der Waals surface area contributed by atoms with Crippen LogP contribution < -0.4 is 4.90 Å². The highest BCUT2D eigenvalue weighted by Gasteiger charge is 2.27. The van der Waals surface area contributed by atoms with Gasteiger partial charge in [0.15, 0.2) is 0 Å². The van der Waals surface area contributed by atoms with Gasteiger partial charge in [0.25, 0.3) is 5.91 Å². The molecule has 1 fully saturated rings. The Balaban J connectivity index is 1.38. The summed E-state index contributed by atoms with van der Waals surface area (Å²) < 4.78 is 26.2. The van der Waals surface area contributed by atoms with Crippen LogP contribution >= 0.6 is 11.3 Å². The van der Waals surface area contributed by atoms with Crippen molar-refractivity contribution in [2.45, 2.75) is 18.9 Å². The van der Waals surface area contributed by atoms with Crippen molar-refractivity contribution in [3.63, 3.8) is 0 Å². The van der Waals surface area contributed by atoms with Crippen LogP contribution in [0.15, 0.2) is 53.9 Å². The van der Waals surface area contributed by atoms with Crippen LogP contribution in [-0.4, -0.2) is 42.0 Å². The zero-order valence-electron chi connectivity index (χ0n) is 16.0. The van der Waals surface area contributed by atoms with Crippen molar-refractivity contribution in [2.75, 3.05) is 25.0 Å². The minimum atomic E-state index is -0.298. The smallest absolute Gasteiger partial charge is 0.273 e. The zero-order valence-corrected chi connectivity index (χ0v) is 16.8. The van der Waals surface area contributed by atoms with Crippen LogP contribution in [0.3, 0.4) is 0 Å². The Labute approximate surface area is 172 Å². The van der Waals surface area contributed by atoms with E-state index < -0.39 is 0 Å². The fourth-order valence-electron chi connectivity index (χ4n) is 3.61. The summed E-state index contributed by atoms with van der Waals surface area (Å²) in [5.74, 6) is -0.639. The lowest BCUT2D eigenvalue weighted by molar-refractivity contribution is 0.0704. The van der Waals surface area contributed by atoms with Crippen LogP contribution in [0.5, 0.6) is 0 Å². The Morgan fingerprint density at radius 3 is 2.24 bits per heavy atom. The van der Waals surface area contributed by atoms with Gasteiger partial charge in [-0.15, -0.1) is 11.3 Å². The molecule has 1 aliphatic rings. The monoisotopic (exact) mass is 413 g/mol. The first kappa shape index (κ1) is 19.5. The highest BCUT2D eigenvalue weighted by molar-refractivity contribution is 7.13. The molecule has 7 heteroatoms. The summed E-state index contributed by atoms with van der Waals surface area (Å²) in [4.78, 5) is 21.3. The van der Waals surface area contributed by atoms with Gasteiger partial charge >= 0.3 is 0 Å². The molecule has 150 valence electrons. The first-order valence-electron chi connectivity index (χ1n) is 9.50. The summed E-state index contributed by atoms with van der Waals surface area (Å²) in [5.41, 5.74) is 2.21. The fourth-order valence-corrected chi connectivity index (χ4v) is 4.41. The van der Waals surface area contributed by atoms with Gasteiger partial charge < -0.3 is 9.80 Å². The number of nitrogens with zero attached hydrogens (tertiary/aromatic N) is 3. The van der Waals surface area contributed by atoms with Crippen molar-refractivity contribution in [2.24, 2.45) is 0 Å². The number of anilines is 1. The Kier molecular flexibility index (Phi) is 5.58. The van der Waals surface area contributed by atoms with Crippen molar-refractivity contribution in [1.82, 2.24) is 9.88 Å². The van der Waals surface area contributed by atoms with E-state index in [-0.39, 0.29) is 23.6 Å². The van der Waals surface area contributed by atoms with E-state index in [1.165, 1.54) is 35.6 Å². The molecule has 4 rings (SSSR count). The zero-order chi connectivity index (χ0) is 20.4. The molecule has 29 heavy (non-hydrogen) atoms. The second kappa shape index (κ2) is 8.29. The molecule has 0 saturated carbocycles. The fraction of sp³-hybridized carbons (Fsp3) is 0.273. The van der Waals surface area contributed by atoms with Crippen molar-refractivity contribution in [3.8, 4) is 10.6 Å². The molecule has 0 spiro atoms. The molecule has 1 aromatic heterocycles. The number of amides is 1. The van der Waals surface area contributed by atoms with Gasteiger partial charge in [-0.05, 0) is 61.4 Å². The van der Waals surface area contributed by atoms with E-state index >= 15 is 0 Å². The third-order valence-corrected chi connectivity index (χ3v) is 6.23. The maximum absolute atomic E-state index is 13.1. The van der Waals surface area contributed by atoms with E-state index in [0.29, 0.717) is 10.7 Å². The van der Waals surface area contributed by atoms with Gasteiger partial charge in [0.05, 0.1) is 0 Å². The molecule has 2 heterocycles. The Morgan fingerprint density at radius 1 is 1.03 bits per heavy atom. The van der Waals surface area contributed by atoms with Crippen molar-refractivity contribution in [1.29, 1.82) is 0 Å². The maximum Gasteiger partial charge on any atom is 0.273 e. The van der Waals surface area contributed by atoms with E-state index in [0.717, 1.165) is 37.2 Å². The van der Waals surface area contributed by atoms with Gasteiger partial charge in [-0.3, -0.25) is 4.79 Å². The van der Waals surface area contributed by atoms with Crippen molar-refractivity contribution in [3.05, 3.63) is 71.2 Å². The van der Waals surface area contributed by atoms with Crippen LogP contribution in [0.2, 0.25) is 0 Å². The molecule has 0 N–H and O–H groups in total. The van der Waals surface area contributed by atoms with Crippen LogP contribution in [0, 0.1) is 11.6 Å². The molecular weight excluding hydrogens is 392 g/mol. The third-order valence-electron chi connectivity index (χ3n) is 5.34. The summed E-state index contributed by atoms with van der Waals surface area (Å²) in [6, 6.07) is 12.8. The van der Waals surface area contributed by atoms with Gasteiger partial charge in [-0.2, -0.15) is 0 Å². The van der Waals surface area contributed by atoms with E-state index in [1.807, 2.05) is 7.05 Å². The first-order valence-corrected chi connectivity index (χ1v) is 10.4. The van der Waals surface area contributed by atoms with Crippen LogP contribution in [-0.2, 0) is 0 Å². The summed E-state index contributed by atoms with van der Waals surface area (Å²) >= 11 is 1.38. The minimum absolute atomic E-state index is 0.102. The molecule has 4 nitrogen and oxygen atoms in total. The predicted molar refractivity (Wildman–Crippen MR) is 111 cm³/mol. The SMILES string of the molecule is CN(C(=O)c1csc(-c2ccc(F)cc2)n1)C1CCN(c2ccc(F)cc2)CC1. The normalized spacial score (nSPS) is 14.8. The largest absolute Gasteiger partial charge is 0.371 e. The van der Waals surface area contributed by atoms with Crippen molar-refractivity contribution >= 4 is 22.9 Å². The van der Waals surface area contributed by atoms with Gasteiger partial charge in [-0.25, -0.2) is 13.8 Å². The maximum atomic E-state index is 13.1. The molecule has 0 atom stereocenters. The number of carbonyl (C=O) groups excluding carboxylic acids is 1. The Bertz CT molecular complexity index is 980. The molecule has 0 unspecified atom stereocenters. The van der Waals surface area contributed by atoms with E-state index in [2.05, 4.69) is 9.88 Å². The van der Waals surface area contributed by atoms with E-state index in [1.54, 1.807) is 34.5 Å². The lowest BCUT2D eigenvalue weighted by Gasteiger charge is -2.37. The predicted octanol–water partition coefficient (Wildman–Crippen LogP) is 4.83. The van der Waals surface area contributed by atoms with Crippen LogP contribution in [0.25, 0.3) is 10.6 Å². The number of thiazole rings is 1. The van der Waals surface area contributed by atoms with Gasteiger partial charge in [0, 0.05) is 42.8 Å². The topological polar surface area (TPSA) is 36.4 Å². The summed E-state index contributed by atoms with van der Waals surface area (Å²) in [5, 5.41) is 2.46. The van der Waals surface area contributed by atoms with E-state index in [9.17, 15) is 13.6 Å². The van der Waals surface area contributed by atoms with Gasteiger partial charge in [-0.1, -0.05) is 0 Å². The van der Waals surface area contributed by atoms with Crippen LogP contribution in [0.1, 0.15) is 23.3 Å². The number of hydrogen-bond donors (Lipinski definition) is 0. The lowest BCUT2D eigenvalue weighted by Crippen LogP contribution is -2.45. The van der Waals surface area contributed by atoms with Gasteiger partial charge in [0.1, 0.15) is 22.3 Å². The number of halogens is 2. The lowest BCUT2D eigenvalue weighted by atomic mass is 10.0. The number of benzene rings is 2. The summed E-state index contributed by atoms with van der Waals surface area (Å²) in [6.45, 7) is 1.62. The molecule has 1 saturated heterocycles. The second-order valence-corrected chi connectivity index (χ2v) is 8.01. The molecule has 1 aliphatic heterocycles. The average molecular weight is 413 g/mol. The highest BCUT2D eigenvalue weighted by Crippen LogP contribution is 2.26. The molecule has 2 aromatic carbocycles. The number of rotatable bonds is 4. The Hall–Kier alpha value is -2.80. The summed E-state index contributed by atoms with van der Waals surface area (Å²) in [7, 11) is 1.82. The number of hydrogen-bond acceptors (Lipinski definition) is 4. The van der Waals surface area contributed by atoms with E-state index in [4.69, 9.17) is 0 Å². The standard InChI is InChI=1S/C22H21F2N3OS/c1-26(18-10-12-27(13-11-18)19-8-6-17(24)7-9-19)22(28)20-14-29-21(25-20)15-2-4-16(23)5-3-15/h2-9,14,18H,10-13H2,1H3. The highest BCUT2D eigenvalue weighted by atomic mass is 32.1. The number of piperidine rings is 1. The number of aromatic nitrogens is 1. The Morgan fingerprint density at radius 2 is 1.62 bits per heavy atom. The second-order valence-electron chi connectivity index (χ2n) is 7.16. The quantitative estimate of drug-likeness (QED) is 0.615. The van der Waals surface area contributed by atoms with Gasteiger partial charge in [0.2, 0.25) is 0 Å². The summed E-state index contributed by atoms with van der Waals surface area (Å²) in [6.07, 6.45) is 1.68. The molecule has 0 bridgehead atoms. The average Bonchev–Trinajstić information content (AvgIpc) is 3.24. The third kappa shape index (κ3) is 4.29. The molecular formula is C22H21F2N3OS. The van der Waals surface area contributed by atoms with Crippen LogP contribution in [0.4, 0.5) is 14.5 Å². The molecule has 1 amide bonds. The van der Waals surface area contributed by atoms with Crippen molar-refractivity contribution < 1.29 is 13.6 Å². The molecule has 0 radical (unpaired) electrons. The minimum Gasteiger partial charge on any atom is -0.371 e. The first-order chi connectivity index (χ1) is 14.0. The molecule has 3 aromatic rings. The number of carbonyl (C=O) groups is 1. The molecule has 0 aliphatic carbocycles.